The number of carbonyl (C=O) groups is 1. The van der Waals surface area contributed by atoms with E-state index in [0.717, 1.165) is 21.0 Å². The molecule has 0 saturated carbocycles. The summed E-state index contributed by atoms with van der Waals surface area (Å²) < 4.78 is 1.57. The van der Waals surface area contributed by atoms with Crippen molar-refractivity contribution >= 4 is 43.9 Å². The number of hydrogen-bond acceptors (Lipinski definition) is 6. The highest BCUT2D eigenvalue weighted by Crippen LogP contribution is 2.26. The fraction of sp³-hybridized carbons (Fsp3) is 0.375. The third-order valence-electron chi connectivity index (χ3n) is 3.96. The number of aryl methyl sites for hydroxylation is 2. The van der Waals surface area contributed by atoms with Gasteiger partial charge in [-0.15, -0.1) is 22.7 Å². The van der Waals surface area contributed by atoms with Crippen LogP contribution in [0.1, 0.15) is 30.0 Å². The molecule has 3 aromatic rings. The number of fused-ring (bicyclic) bond motifs is 1. The SMILES string of the molecule is CCN(C(C)=O)c1nc(Cn2cnc3sc(C)c(C)c3c2=O)cs1. The first kappa shape index (κ1) is 16.8. The number of thiazole rings is 1. The van der Waals surface area contributed by atoms with Crippen LogP contribution >= 0.6 is 22.7 Å². The van der Waals surface area contributed by atoms with Gasteiger partial charge < -0.3 is 0 Å². The molecule has 0 saturated heterocycles. The summed E-state index contributed by atoms with van der Waals surface area (Å²) in [5.74, 6) is -0.0389. The molecule has 6 nitrogen and oxygen atoms in total. The van der Waals surface area contributed by atoms with Gasteiger partial charge in [0.2, 0.25) is 5.91 Å². The molecule has 0 N–H and O–H groups in total. The van der Waals surface area contributed by atoms with Crippen LogP contribution in [0.2, 0.25) is 0 Å². The predicted molar refractivity (Wildman–Crippen MR) is 98.3 cm³/mol. The molecule has 3 rings (SSSR count). The predicted octanol–water partition coefficient (Wildman–Crippen LogP) is 2.95. The van der Waals surface area contributed by atoms with Crippen molar-refractivity contribution in [2.75, 3.05) is 11.4 Å². The van der Waals surface area contributed by atoms with Crippen LogP contribution in [0.3, 0.4) is 0 Å². The molecule has 0 spiro atoms. The number of aromatic nitrogens is 3. The van der Waals surface area contributed by atoms with Crippen molar-refractivity contribution in [1.82, 2.24) is 14.5 Å². The van der Waals surface area contributed by atoms with Crippen LogP contribution in [-0.4, -0.2) is 27.0 Å². The van der Waals surface area contributed by atoms with Gasteiger partial charge in [-0.25, -0.2) is 9.97 Å². The second-order valence-corrected chi connectivity index (χ2v) is 7.57. The molecule has 3 aromatic heterocycles. The first-order valence-electron chi connectivity index (χ1n) is 7.60. The fourth-order valence-electron chi connectivity index (χ4n) is 2.54. The van der Waals surface area contributed by atoms with E-state index in [9.17, 15) is 9.59 Å². The number of amides is 1. The van der Waals surface area contributed by atoms with Gasteiger partial charge in [-0.1, -0.05) is 0 Å². The molecular weight excluding hydrogens is 344 g/mol. The van der Waals surface area contributed by atoms with Crippen molar-refractivity contribution in [1.29, 1.82) is 0 Å². The van der Waals surface area contributed by atoms with Gasteiger partial charge >= 0.3 is 0 Å². The summed E-state index contributed by atoms with van der Waals surface area (Å²) in [6.07, 6.45) is 1.57. The Hall–Kier alpha value is -2.06. The van der Waals surface area contributed by atoms with Gasteiger partial charge in [0, 0.05) is 23.7 Å². The molecule has 0 aromatic carbocycles. The molecular formula is C16H18N4O2S2. The smallest absolute Gasteiger partial charge is 0.262 e. The van der Waals surface area contributed by atoms with E-state index in [2.05, 4.69) is 9.97 Å². The normalized spacial score (nSPS) is 11.2. The van der Waals surface area contributed by atoms with Crippen LogP contribution < -0.4 is 10.5 Å². The quantitative estimate of drug-likeness (QED) is 0.716. The first-order valence-corrected chi connectivity index (χ1v) is 9.29. The Morgan fingerprint density at radius 3 is 2.79 bits per heavy atom. The zero-order valence-electron chi connectivity index (χ0n) is 14.0. The Bertz CT molecular complexity index is 970. The summed E-state index contributed by atoms with van der Waals surface area (Å²) in [6, 6.07) is 0. The third-order valence-corrected chi connectivity index (χ3v) is 5.98. The summed E-state index contributed by atoms with van der Waals surface area (Å²) in [7, 11) is 0. The number of carbonyl (C=O) groups excluding carboxylic acids is 1. The second-order valence-electron chi connectivity index (χ2n) is 5.53. The number of hydrogen-bond donors (Lipinski definition) is 0. The molecule has 0 unspecified atom stereocenters. The highest BCUT2D eigenvalue weighted by molar-refractivity contribution is 7.18. The van der Waals surface area contributed by atoms with Gasteiger partial charge in [0.05, 0.1) is 24.0 Å². The average Bonchev–Trinajstić information content (AvgIpc) is 3.09. The van der Waals surface area contributed by atoms with E-state index in [1.165, 1.54) is 29.6 Å². The number of anilines is 1. The largest absolute Gasteiger partial charge is 0.293 e. The average molecular weight is 362 g/mol. The number of nitrogens with zero attached hydrogens (tertiary/aromatic N) is 4. The lowest BCUT2D eigenvalue weighted by molar-refractivity contribution is -0.116. The first-order chi connectivity index (χ1) is 11.4. The Morgan fingerprint density at radius 2 is 2.12 bits per heavy atom. The van der Waals surface area contributed by atoms with E-state index < -0.39 is 0 Å². The van der Waals surface area contributed by atoms with E-state index in [1.807, 2.05) is 26.2 Å². The van der Waals surface area contributed by atoms with Gasteiger partial charge in [0.1, 0.15) is 4.83 Å². The standard InChI is InChI=1S/C16H18N4O2S2/c1-5-20(11(4)21)16-18-12(7-23-16)6-19-8-17-14-13(15(19)22)9(2)10(3)24-14/h7-8H,5-6H2,1-4H3. The Balaban J connectivity index is 1.95. The van der Waals surface area contributed by atoms with E-state index >= 15 is 0 Å². The number of thiophene rings is 1. The maximum absolute atomic E-state index is 12.7. The molecule has 0 aliphatic heterocycles. The van der Waals surface area contributed by atoms with E-state index in [0.29, 0.717) is 23.6 Å². The molecule has 1 amide bonds. The maximum atomic E-state index is 12.7. The van der Waals surface area contributed by atoms with Gasteiger partial charge in [0.15, 0.2) is 5.13 Å². The van der Waals surface area contributed by atoms with Crippen molar-refractivity contribution < 1.29 is 4.79 Å². The minimum atomic E-state index is -0.0460. The molecule has 0 aliphatic rings. The Labute approximate surface area is 147 Å². The zero-order chi connectivity index (χ0) is 17.4. The summed E-state index contributed by atoms with van der Waals surface area (Å²) in [6.45, 7) is 8.31. The van der Waals surface area contributed by atoms with Crippen molar-refractivity contribution in [2.45, 2.75) is 34.2 Å². The molecule has 24 heavy (non-hydrogen) atoms. The summed E-state index contributed by atoms with van der Waals surface area (Å²) in [4.78, 5) is 36.7. The molecule has 126 valence electrons. The summed E-state index contributed by atoms with van der Waals surface area (Å²) >= 11 is 2.95. The summed E-state index contributed by atoms with van der Waals surface area (Å²) in [5.41, 5.74) is 1.70. The van der Waals surface area contributed by atoms with E-state index in [1.54, 1.807) is 15.8 Å². The van der Waals surface area contributed by atoms with E-state index in [-0.39, 0.29) is 11.5 Å². The third kappa shape index (κ3) is 2.87. The van der Waals surface area contributed by atoms with Gasteiger partial charge in [-0.3, -0.25) is 19.1 Å². The molecule has 3 heterocycles. The van der Waals surface area contributed by atoms with Crippen molar-refractivity contribution in [2.24, 2.45) is 0 Å². The van der Waals surface area contributed by atoms with Crippen LogP contribution in [0, 0.1) is 13.8 Å². The highest BCUT2D eigenvalue weighted by atomic mass is 32.1. The van der Waals surface area contributed by atoms with Crippen LogP contribution in [-0.2, 0) is 11.3 Å². The topological polar surface area (TPSA) is 68.1 Å². The van der Waals surface area contributed by atoms with Crippen molar-refractivity contribution in [3.8, 4) is 0 Å². The molecule has 0 fully saturated rings. The van der Waals surface area contributed by atoms with Gasteiger partial charge in [-0.05, 0) is 26.3 Å². The van der Waals surface area contributed by atoms with Crippen molar-refractivity contribution in [3.63, 3.8) is 0 Å². The zero-order valence-corrected chi connectivity index (χ0v) is 15.6. The Kier molecular flexibility index (Phi) is 4.51. The minimum absolute atomic E-state index is 0.0389. The summed E-state index contributed by atoms with van der Waals surface area (Å²) in [5, 5.41) is 3.22. The highest BCUT2D eigenvalue weighted by Gasteiger charge is 2.15. The lowest BCUT2D eigenvalue weighted by atomic mass is 10.2. The van der Waals surface area contributed by atoms with Crippen LogP contribution in [0.4, 0.5) is 5.13 Å². The number of rotatable bonds is 4. The Morgan fingerprint density at radius 1 is 1.38 bits per heavy atom. The minimum Gasteiger partial charge on any atom is -0.293 e. The van der Waals surface area contributed by atoms with Crippen LogP contribution in [0.5, 0.6) is 0 Å². The monoisotopic (exact) mass is 362 g/mol. The van der Waals surface area contributed by atoms with Crippen LogP contribution in [0.15, 0.2) is 16.5 Å². The van der Waals surface area contributed by atoms with Crippen molar-refractivity contribution in [3.05, 3.63) is 38.2 Å². The van der Waals surface area contributed by atoms with E-state index in [4.69, 9.17) is 0 Å². The molecule has 0 atom stereocenters. The van der Waals surface area contributed by atoms with Crippen LogP contribution in [0.25, 0.3) is 10.2 Å². The second kappa shape index (κ2) is 6.45. The van der Waals surface area contributed by atoms with Gasteiger partial charge in [-0.2, -0.15) is 0 Å². The maximum Gasteiger partial charge on any atom is 0.262 e. The molecule has 0 bridgehead atoms. The molecule has 0 aliphatic carbocycles. The fourth-order valence-corrected chi connectivity index (χ4v) is 4.45. The molecule has 0 radical (unpaired) electrons. The molecule has 8 heteroatoms. The lowest BCUT2D eigenvalue weighted by Gasteiger charge is -2.14. The van der Waals surface area contributed by atoms with Gasteiger partial charge in [0.25, 0.3) is 5.56 Å². The lowest BCUT2D eigenvalue weighted by Crippen LogP contribution is -2.27.